The Kier molecular flexibility index (Phi) is 5.67. The number of esters is 1. The van der Waals surface area contributed by atoms with Gasteiger partial charge in [-0.25, -0.2) is 4.79 Å². The molecule has 0 N–H and O–H groups in total. The lowest BCUT2D eigenvalue weighted by molar-refractivity contribution is -0.777. The van der Waals surface area contributed by atoms with Gasteiger partial charge < -0.3 is 9.99 Å². The number of carbonyl (C=O) groups is 1. The van der Waals surface area contributed by atoms with E-state index in [9.17, 15) is 18.8 Å². The van der Waals surface area contributed by atoms with Crippen LogP contribution in [0, 0.1) is 0 Å². The number of hydrogen-bond donors (Lipinski definition) is 0. The van der Waals surface area contributed by atoms with Crippen molar-refractivity contribution in [2.75, 3.05) is 6.61 Å². The first-order valence-corrected chi connectivity index (χ1v) is 6.95. The predicted molar refractivity (Wildman–Crippen MR) is 73.3 cm³/mol. The minimum Gasteiger partial charge on any atom is -0.691 e. The van der Waals surface area contributed by atoms with Gasteiger partial charge >= 0.3 is 11.2 Å². The van der Waals surface area contributed by atoms with Gasteiger partial charge in [-0.05, 0) is 16.3 Å². The quantitative estimate of drug-likeness (QED) is 0.336. The Balaban J connectivity index is 1.94. The van der Waals surface area contributed by atoms with E-state index in [4.69, 9.17) is 0 Å². The number of fused-ring (bicyclic) bond motifs is 1. The van der Waals surface area contributed by atoms with Crippen molar-refractivity contribution >= 4 is 28.8 Å². The van der Waals surface area contributed by atoms with Crippen molar-refractivity contribution in [2.45, 2.75) is 11.7 Å². The first-order chi connectivity index (χ1) is 10.5. The molecular weight excluding hydrogens is 318 g/mol. The topological polar surface area (TPSA) is 67.8 Å². The lowest BCUT2D eigenvalue weighted by Gasteiger charge is -2.14. The molecule has 0 atom stereocenters. The number of rotatable bonds is 7. The molecule has 0 unspecified atom stereocenters. The van der Waals surface area contributed by atoms with Gasteiger partial charge in [0, 0.05) is 6.42 Å². The largest absolute Gasteiger partial charge is 0.691 e. The molecule has 0 saturated heterocycles. The van der Waals surface area contributed by atoms with Crippen molar-refractivity contribution in [3.05, 3.63) is 48.0 Å². The molecule has 0 aliphatic carbocycles. The van der Waals surface area contributed by atoms with Crippen LogP contribution in [0.15, 0.2) is 42.5 Å². The summed E-state index contributed by atoms with van der Waals surface area (Å²) < 4.78 is 34.2. The van der Waals surface area contributed by atoms with Crippen molar-refractivity contribution in [3.63, 3.8) is 0 Å². The molecule has 2 aromatic carbocycles. The van der Waals surface area contributed by atoms with Gasteiger partial charge in [0.15, 0.2) is 0 Å². The lowest BCUT2D eigenvalue weighted by Crippen LogP contribution is -2.28. The van der Waals surface area contributed by atoms with E-state index in [1.54, 1.807) is 0 Å². The van der Waals surface area contributed by atoms with Crippen LogP contribution in [-0.2, 0) is 25.3 Å². The molecule has 0 amide bonds. The number of hydrogen-bond acceptors (Lipinski definition) is 6. The van der Waals surface area contributed by atoms with E-state index in [1.165, 1.54) is 0 Å². The summed E-state index contributed by atoms with van der Waals surface area (Å²) in [5, 5.41) is 10.2. The van der Waals surface area contributed by atoms with Crippen molar-refractivity contribution in [3.8, 4) is 0 Å². The molecule has 0 heterocycles. The molecular formula is C14H11F2O5S-. The summed E-state index contributed by atoms with van der Waals surface area (Å²) in [6, 6.07) is 13.2. The van der Waals surface area contributed by atoms with Crippen molar-refractivity contribution in [1.29, 1.82) is 0 Å². The molecule has 118 valence electrons. The summed E-state index contributed by atoms with van der Waals surface area (Å²) in [4.78, 5) is 11.2. The van der Waals surface area contributed by atoms with Crippen molar-refractivity contribution in [2.24, 2.45) is 0 Å². The molecule has 22 heavy (non-hydrogen) atoms. The van der Waals surface area contributed by atoms with Crippen LogP contribution in [0.2, 0.25) is 0 Å². The normalized spacial score (nSPS) is 11.6. The van der Waals surface area contributed by atoms with Gasteiger partial charge in [0.2, 0.25) is 0 Å². The van der Waals surface area contributed by atoms with Crippen LogP contribution in [0.3, 0.4) is 0 Å². The summed E-state index contributed by atoms with van der Waals surface area (Å²) in [6.45, 7) is -0.221. The Morgan fingerprint density at radius 2 is 1.91 bits per heavy atom. The molecule has 8 heteroatoms. The van der Waals surface area contributed by atoms with E-state index < -0.39 is 23.3 Å². The van der Waals surface area contributed by atoms with Gasteiger partial charge in [0.05, 0.1) is 6.61 Å². The third kappa shape index (κ3) is 4.14. The molecule has 0 radical (unpaired) electrons. The Bertz CT molecular complexity index is 645. The summed E-state index contributed by atoms with van der Waals surface area (Å²) >= 11 is -0.707. The zero-order valence-corrected chi connectivity index (χ0v) is 12.0. The maximum absolute atomic E-state index is 13.1. The van der Waals surface area contributed by atoms with Gasteiger partial charge in [0.1, 0.15) is 12.0 Å². The SMILES string of the molecule is O=C(OCCc1cccc2ccccc12)C(F)(F)SOO[O-]. The molecule has 5 nitrogen and oxygen atoms in total. The average molecular weight is 329 g/mol. The fourth-order valence-electron chi connectivity index (χ4n) is 1.94. The number of benzene rings is 2. The molecule has 0 aliphatic heterocycles. The third-order valence-corrected chi connectivity index (χ3v) is 3.39. The third-order valence-electron chi connectivity index (χ3n) is 2.89. The monoisotopic (exact) mass is 329 g/mol. The Morgan fingerprint density at radius 3 is 2.68 bits per heavy atom. The maximum Gasteiger partial charge on any atom is 0.415 e. The highest BCUT2D eigenvalue weighted by Crippen LogP contribution is 2.31. The number of alkyl halides is 2. The van der Waals surface area contributed by atoms with Gasteiger partial charge in [-0.2, -0.15) is 13.1 Å². The van der Waals surface area contributed by atoms with Crippen LogP contribution in [0.5, 0.6) is 0 Å². The fraction of sp³-hybridized carbons (Fsp3) is 0.214. The van der Waals surface area contributed by atoms with E-state index >= 15 is 0 Å². The van der Waals surface area contributed by atoms with Gasteiger partial charge in [-0.15, -0.1) is 0 Å². The maximum atomic E-state index is 13.1. The number of halogens is 2. The number of carbonyl (C=O) groups excluding carboxylic acids is 1. The van der Waals surface area contributed by atoms with Crippen LogP contribution in [-0.4, -0.2) is 17.8 Å². The average Bonchev–Trinajstić information content (AvgIpc) is 2.53. The van der Waals surface area contributed by atoms with Crippen LogP contribution in [0.25, 0.3) is 10.8 Å². The van der Waals surface area contributed by atoms with Crippen LogP contribution < -0.4 is 5.26 Å². The lowest BCUT2D eigenvalue weighted by atomic mass is 10.0. The summed E-state index contributed by atoms with van der Waals surface area (Å²) in [5.74, 6) is -1.80. The van der Waals surface area contributed by atoms with Gasteiger partial charge in [-0.1, -0.05) is 42.5 Å². The summed E-state index contributed by atoms with van der Waals surface area (Å²) in [5.41, 5.74) is 0.876. The highest BCUT2D eigenvalue weighted by atomic mass is 32.2. The second kappa shape index (κ2) is 7.50. The highest BCUT2D eigenvalue weighted by Gasteiger charge is 2.43. The molecule has 2 aromatic rings. The molecule has 0 aliphatic rings. The summed E-state index contributed by atoms with van der Waals surface area (Å²) in [7, 11) is 0. The van der Waals surface area contributed by atoms with Crippen LogP contribution >= 0.6 is 12.0 Å². The van der Waals surface area contributed by atoms with Crippen molar-refractivity contribution < 1.29 is 32.9 Å². The molecule has 0 bridgehead atoms. The Hall–Kier alpha value is -1.74. The van der Waals surface area contributed by atoms with E-state index in [-0.39, 0.29) is 13.0 Å². The van der Waals surface area contributed by atoms with E-state index in [1.807, 2.05) is 42.5 Å². The predicted octanol–water partition coefficient (Wildman–Crippen LogP) is 2.39. The van der Waals surface area contributed by atoms with Gasteiger partial charge in [0.25, 0.3) is 0 Å². The van der Waals surface area contributed by atoms with Crippen LogP contribution in [0.4, 0.5) is 8.78 Å². The molecule has 0 aromatic heterocycles. The molecule has 0 saturated carbocycles. The standard InChI is InChI=1S/C14H12F2O5S/c15-14(16,22-21-20-18)13(17)19-9-8-11-6-3-5-10-4-1-2-7-12(10)11/h1-7,18H,8-9H2/p-1. The number of ether oxygens (including phenoxy) is 1. The first kappa shape index (κ1) is 16.6. The van der Waals surface area contributed by atoms with Gasteiger partial charge in [-0.3, -0.25) is 5.04 Å². The zero-order chi connectivity index (χ0) is 16.0. The van der Waals surface area contributed by atoms with E-state index in [2.05, 4.69) is 14.1 Å². The van der Waals surface area contributed by atoms with E-state index in [0.717, 1.165) is 16.3 Å². The van der Waals surface area contributed by atoms with Crippen LogP contribution in [0.1, 0.15) is 5.56 Å². The highest BCUT2D eigenvalue weighted by molar-refractivity contribution is 7.96. The van der Waals surface area contributed by atoms with Crippen molar-refractivity contribution in [1.82, 2.24) is 0 Å². The summed E-state index contributed by atoms with van der Waals surface area (Å²) in [6.07, 6.45) is 0.284. The molecule has 0 fully saturated rings. The second-order valence-corrected chi connectivity index (χ2v) is 5.08. The smallest absolute Gasteiger partial charge is 0.415 e. The minimum absolute atomic E-state index is 0.221. The second-order valence-electron chi connectivity index (χ2n) is 4.26. The van der Waals surface area contributed by atoms with E-state index in [0.29, 0.717) is 0 Å². The molecule has 0 spiro atoms. The Morgan fingerprint density at radius 1 is 1.18 bits per heavy atom. The zero-order valence-electron chi connectivity index (χ0n) is 11.2. The molecule has 2 rings (SSSR count). The first-order valence-electron chi connectivity index (χ1n) is 6.20. The minimum atomic E-state index is -4.01. The Labute approximate surface area is 128 Å². The fourth-order valence-corrected chi connectivity index (χ4v) is 2.18.